The molecule has 4 rings (SSSR count). The van der Waals surface area contributed by atoms with Crippen LogP contribution in [0.2, 0.25) is 0 Å². The summed E-state index contributed by atoms with van der Waals surface area (Å²) < 4.78 is 0. The summed E-state index contributed by atoms with van der Waals surface area (Å²) in [7, 11) is 0. The molecular formula is C21H21N3O2. The predicted octanol–water partition coefficient (Wildman–Crippen LogP) is 3.14. The lowest BCUT2D eigenvalue weighted by atomic mass is 10.0. The molecule has 0 atom stereocenters. The Kier molecular flexibility index (Phi) is 4.52. The molecule has 2 heterocycles. The molecule has 26 heavy (non-hydrogen) atoms. The van der Waals surface area contributed by atoms with Gasteiger partial charge in [-0.15, -0.1) is 0 Å². The molecule has 1 N–H and O–H groups in total. The summed E-state index contributed by atoms with van der Waals surface area (Å²) in [6.07, 6.45) is 3.94. The Balaban J connectivity index is 1.63. The molecule has 1 fully saturated rings. The lowest BCUT2D eigenvalue weighted by molar-refractivity contribution is 0.0724. The molecule has 0 bridgehead atoms. The Hall–Kier alpha value is -2.95. The number of benzene rings is 2. The molecule has 0 unspecified atom stereocenters. The van der Waals surface area contributed by atoms with Crippen LogP contribution in [-0.4, -0.2) is 34.1 Å². The first kappa shape index (κ1) is 16.5. The van der Waals surface area contributed by atoms with E-state index in [4.69, 9.17) is 0 Å². The predicted molar refractivity (Wildman–Crippen MR) is 101 cm³/mol. The van der Waals surface area contributed by atoms with Crippen LogP contribution in [0, 0.1) is 0 Å². The average Bonchev–Trinajstić information content (AvgIpc) is 2.71. The summed E-state index contributed by atoms with van der Waals surface area (Å²) in [6, 6.07) is 15.2. The van der Waals surface area contributed by atoms with Gasteiger partial charge in [0.15, 0.2) is 0 Å². The SMILES string of the molecule is O=C(c1cccc(Cc2n[nH]c(=O)c3ccccc23)c1)N1CCCCC1. The molecule has 5 heteroatoms. The third-order valence-electron chi connectivity index (χ3n) is 4.96. The van der Waals surface area contributed by atoms with Crippen molar-refractivity contribution in [2.45, 2.75) is 25.7 Å². The van der Waals surface area contributed by atoms with Gasteiger partial charge in [-0.3, -0.25) is 9.59 Å². The maximum absolute atomic E-state index is 12.7. The number of carbonyl (C=O) groups excluding carboxylic acids is 1. The van der Waals surface area contributed by atoms with Crippen LogP contribution >= 0.6 is 0 Å². The number of H-pyrrole nitrogens is 1. The summed E-state index contributed by atoms with van der Waals surface area (Å²) in [5.74, 6) is 0.103. The van der Waals surface area contributed by atoms with Crippen molar-refractivity contribution in [1.82, 2.24) is 15.1 Å². The third kappa shape index (κ3) is 3.25. The van der Waals surface area contributed by atoms with E-state index in [1.54, 1.807) is 6.07 Å². The Bertz CT molecular complexity index is 1000. The van der Waals surface area contributed by atoms with Gasteiger partial charge in [0.2, 0.25) is 0 Å². The number of rotatable bonds is 3. The molecule has 2 aromatic carbocycles. The number of piperidine rings is 1. The van der Waals surface area contributed by atoms with Crippen LogP contribution in [0.25, 0.3) is 10.8 Å². The highest BCUT2D eigenvalue weighted by Crippen LogP contribution is 2.18. The van der Waals surface area contributed by atoms with E-state index in [1.807, 2.05) is 47.4 Å². The highest BCUT2D eigenvalue weighted by atomic mass is 16.2. The Labute approximate surface area is 151 Å². The fourth-order valence-electron chi connectivity index (χ4n) is 3.59. The van der Waals surface area contributed by atoms with Crippen LogP contribution < -0.4 is 5.56 Å². The summed E-state index contributed by atoms with van der Waals surface area (Å²) in [4.78, 5) is 26.6. The molecular weight excluding hydrogens is 326 g/mol. The standard InChI is InChI=1S/C21H21N3O2/c25-20-18-10-3-2-9-17(18)19(22-23-20)14-15-7-6-8-16(13-15)21(26)24-11-4-1-5-12-24/h2-3,6-10,13H,1,4-5,11-12,14H2,(H,23,25). The number of hydrogen-bond acceptors (Lipinski definition) is 3. The second kappa shape index (κ2) is 7.12. The van der Waals surface area contributed by atoms with Gasteiger partial charge in [0.05, 0.1) is 11.1 Å². The molecule has 132 valence electrons. The van der Waals surface area contributed by atoms with E-state index in [0.29, 0.717) is 11.8 Å². The quantitative estimate of drug-likeness (QED) is 0.791. The second-order valence-corrected chi connectivity index (χ2v) is 6.78. The molecule has 5 nitrogen and oxygen atoms in total. The van der Waals surface area contributed by atoms with Crippen molar-refractivity contribution < 1.29 is 4.79 Å². The summed E-state index contributed by atoms with van der Waals surface area (Å²) in [5.41, 5.74) is 2.36. The van der Waals surface area contributed by atoms with E-state index < -0.39 is 0 Å². The van der Waals surface area contributed by atoms with E-state index in [2.05, 4.69) is 10.2 Å². The zero-order chi connectivity index (χ0) is 17.9. The van der Waals surface area contributed by atoms with Gasteiger partial charge in [-0.25, -0.2) is 5.10 Å². The van der Waals surface area contributed by atoms with Gasteiger partial charge in [0.1, 0.15) is 0 Å². The van der Waals surface area contributed by atoms with E-state index >= 15 is 0 Å². The van der Waals surface area contributed by atoms with E-state index in [9.17, 15) is 9.59 Å². The van der Waals surface area contributed by atoms with Crippen LogP contribution in [0.1, 0.15) is 40.9 Å². The Morgan fingerprint density at radius 3 is 2.58 bits per heavy atom. The van der Waals surface area contributed by atoms with Crippen molar-refractivity contribution >= 4 is 16.7 Å². The van der Waals surface area contributed by atoms with Crippen LogP contribution in [0.4, 0.5) is 0 Å². The zero-order valence-electron chi connectivity index (χ0n) is 14.6. The van der Waals surface area contributed by atoms with Crippen molar-refractivity contribution in [2.75, 3.05) is 13.1 Å². The highest BCUT2D eigenvalue weighted by molar-refractivity contribution is 5.94. The number of nitrogens with zero attached hydrogens (tertiary/aromatic N) is 2. The van der Waals surface area contributed by atoms with Gasteiger partial charge in [0, 0.05) is 30.5 Å². The van der Waals surface area contributed by atoms with Crippen LogP contribution in [0.15, 0.2) is 53.3 Å². The zero-order valence-corrected chi connectivity index (χ0v) is 14.6. The average molecular weight is 347 g/mol. The van der Waals surface area contributed by atoms with E-state index in [1.165, 1.54) is 6.42 Å². The fourth-order valence-corrected chi connectivity index (χ4v) is 3.59. The minimum Gasteiger partial charge on any atom is -0.339 e. The van der Waals surface area contributed by atoms with Crippen LogP contribution in [0.5, 0.6) is 0 Å². The smallest absolute Gasteiger partial charge is 0.272 e. The fraction of sp³-hybridized carbons (Fsp3) is 0.286. The molecule has 1 amide bonds. The molecule has 1 saturated heterocycles. The van der Waals surface area contributed by atoms with Gasteiger partial charge >= 0.3 is 0 Å². The van der Waals surface area contributed by atoms with Gasteiger partial charge in [-0.1, -0.05) is 30.3 Å². The molecule has 0 spiro atoms. The van der Waals surface area contributed by atoms with Gasteiger partial charge in [-0.05, 0) is 43.0 Å². The van der Waals surface area contributed by atoms with Crippen molar-refractivity contribution in [1.29, 1.82) is 0 Å². The van der Waals surface area contributed by atoms with E-state index in [0.717, 1.165) is 48.1 Å². The number of amides is 1. The van der Waals surface area contributed by atoms with Gasteiger partial charge in [-0.2, -0.15) is 5.10 Å². The maximum Gasteiger partial charge on any atom is 0.272 e. The lowest BCUT2D eigenvalue weighted by Gasteiger charge is -2.26. The summed E-state index contributed by atoms with van der Waals surface area (Å²) >= 11 is 0. The van der Waals surface area contributed by atoms with Crippen molar-refractivity contribution in [3.63, 3.8) is 0 Å². The first-order valence-corrected chi connectivity index (χ1v) is 9.07. The lowest BCUT2D eigenvalue weighted by Crippen LogP contribution is -2.35. The molecule has 1 aliphatic heterocycles. The normalized spacial score (nSPS) is 14.5. The molecule has 3 aromatic rings. The monoisotopic (exact) mass is 347 g/mol. The Morgan fingerprint density at radius 1 is 1.00 bits per heavy atom. The van der Waals surface area contributed by atoms with Crippen LogP contribution in [-0.2, 0) is 6.42 Å². The number of fused-ring (bicyclic) bond motifs is 1. The number of aromatic amines is 1. The number of nitrogens with one attached hydrogen (secondary N) is 1. The highest BCUT2D eigenvalue weighted by Gasteiger charge is 2.18. The third-order valence-corrected chi connectivity index (χ3v) is 4.96. The van der Waals surface area contributed by atoms with E-state index in [-0.39, 0.29) is 11.5 Å². The largest absolute Gasteiger partial charge is 0.339 e. The molecule has 1 aromatic heterocycles. The number of carbonyl (C=O) groups is 1. The molecule has 0 radical (unpaired) electrons. The number of hydrogen-bond donors (Lipinski definition) is 1. The van der Waals surface area contributed by atoms with Crippen molar-refractivity contribution in [3.8, 4) is 0 Å². The van der Waals surface area contributed by atoms with Gasteiger partial charge in [0.25, 0.3) is 11.5 Å². The maximum atomic E-state index is 12.7. The molecule has 0 saturated carbocycles. The number of likely N-dealkylation sites (tertiary alicyclic amines) is 1. The molecule has 0 aliphatic carbocycles. The van der Waals surface area contributed by atoms with Crippen LogP contribution in [0.3, 0.4) is 0 Å². The topological polar surface area (TPSA) is 66.1 Å². The summed E-state index contributed by atoms with van der Waals surface area (Å²) in [6.45, 7) is 1.68. The number of aromatic nitrogens is 2. The first-order chi connectivity index (χ1) is 12.7. The minimum absolute atomic E-state index is 0.103. The minimum atomic E-state index is -0.182. The summed E-state index contributed by atoms with van der Waals surface area (Å²) in [5, 5.41) is 8.29. The van der Waals surface area contributed by atoms with Crippen molar-refractivity contribution in [3.05, 3.63) is 75.7 Å². The van der Waals surface area contributed by atoms with Crippen molar-refractivity contribution in [2.24, 2.45) is 0 Å². The first-order valence-electron chi connectivity index (χ1n) is 9.07. The molecule has 1 aliphatic rings. The Morgan fingerprint density at radius 2 is 1.77 bits per heavy atom. The second-order valence-electron chi connectivity index (χ2n) is 6.78. The van der Waals surface area contributed by atoms with Gasteiger partial charge < -0.3 is 4.90 Å².